The first-order chi connectivity index (χ1) is 26.9. The monoisotopic (exact) mass is 752 g/mol. The first-order valence-corrected chi connectivity index (χ1v) is 19.4. The number of nitrogens with zero attached hydrogens (tertiary/aromatic N) is 6. The van der Waals surface area contributed by atoms with Gasteiger partial charge in [0, 0.05) is 93.8 Å². The molecule has 0 fully saturated rings. The quantitative estimate of drug-likeness (QED) is 0.156. The van der Waals surface area contributed by atoms with Crippen molar-refractivity contribution in [3.63, 3.8) is 0 Å². The number of anilines is 2. The lowest BCUT2D eigenvalue weighted by Gasteiger charge is -2.36. The van der Waals surface area contributed by atoms with Gasteiger partial charge in [0.15, 0.2) is 0 Å². The highest BCUT2D eigenvalue weighted by Crippen LogP contribution is 2.36. The van der Waals surface area contributed by atoms with Gasteiger partial charge in [0.2, 0.25) is 0 Å². The van der Waals surface area contributed by atoms with Crippen molar-refractivity contribution in [2.75, 3.05) is 57.6 Å². The maximum absolute atomic E-state index is 14.9. The molecule has 4 aromatic carbocycles. The molecule has 3 amide bonds. The zero-order valence-electron chi connectivity index (χ0n) is 33.6. The number of carbonyl (C=O) groups excluding carboxylic acids is 3. The zero-order valence-corrected chi connectivity index (χ0v) is 33.6. The van der Waals surface area contributed by atoms with E-state index in [9.17, 15) is 14.4 Å². The summed E-state index contributed by atoms with van der Waals surface area (Å²) in [5.74, 6) is 0.287. The van der Waals surface area contributed by atoms with E-state index in [2.05, 4.69) is 55.1 Å². The Bertz CT molecular complexity index is 2250. The van der Waals surface area contributed by atoms with Gasteiger partial charge in [0.25, 0.3) is 11.8 Å². The summed E-state index contributed by atoms with van der Waals surface area (Å²) >= 11 is 0. The molecule has 0 saturated carbocycles. The number of ether oxygens (including phenoxy) is 1. The first kappa shape index (κ1) is 38.4. The molecule has 2 aliphatic heterocycles. The number of aromatic nitrogens is 1. The fourth-order valence-corrected chi connectivity index (χ4v) is 7.80. The van der Waals surface area contributed by atoms with E-state index in [1.54, 1.807) is 16.8 Å². The van der Waals surface area contributed by atoms with Gasteiger partial charge in [-0.25, -0.2) is 4.79 Å². The van der Waals surface area contributed by atoms with Crippen LogP contribution in [0.5, 0.6) is 5.75 Å². The van der Waals surface area contributed by atoms with Crippen LogP contribution < -0.4 is 14.5 Å². The van der Waals surface area contributed by atoms with Crippen LogP contribution in [0.25, 0.3) is 11.3 Å². The lowest BCUT2D eigenvalue weighted by atomic mass is 9.90. The normalized spacial score (nSPS) is 15.0. The Morgan fingerprint density at radius 3 is 2.16 bits per heavy atom. The lowest BCUT2D eigenvalue weighted by Crippen LogP contribution is -2.43. The molecule has 2 aliphatic rings. The molecule has 0 radical (unpaired) electrons. The standard InChI is InChI=1S/C46H52N6O4/c1-31-25-33-13-11-12-14-35(33)30-52(31)45(54)42-27-36-29-51(46(55)56-39-19-17-37(18-20-39)48(5)24-23-47(3)4)22-21-34(36)26-41(42)43-28-40(32(2)49(43)6)44(53)50(7)38-15-9-8-10-16-38/h8-20,26-28,31H,21-25,29-30H2,1-7H3/t31-/m1/s1. The van der Waals surface area contributed by atoms with E-state index in [-0.39, 0.29) is 17.9 Å². The van der Waals surface area contributed by atoms with Gasteiger partial charge in [0.1, 0.15) is 5.75 Å². The fourth-order valence-electron chi connectivity index (χ4n) is 7.80. The van der Waals surface area contributed by atoms with Crippen molar-refractivity contribution in [2.45, 2.75) is 45.8 Å². The molecule has 5 aromatic rings. The number of hydrogen-bond acceptors (Lipinski definition) is 6. The van der Waals surface area contributed by atoms with Crippen molar-refractivity contribution in [3.05, 3.63) is 136 Å². The van der Waals surface area contributed by atoms with Gasteiger partial charge in [-0.05, 0) is 118 Å². The molecular weight excluding hydrogens is 701 g/mol. The first-order valence-electron chi connectivity index (χ1n) is 19.4. The highest BCUT2D eigenvalue weighted by atomic mass is 16.6. The number of hydrogen-bond donors (Lipinski definition) is 0. The molecule has 10 heteroatoms. The van der Waals surface area contributed by atoms with E-state index in [1.807, 2.05) is 103 Å². The van der Waals surface area contributed by atoms with Crippen LogP contribution in [0.1, 0.15) is 55.6 Å². The average molecular weight is 753 g/mol. The maximum Gasteiger partial charge on any atom is 0.415 e. The van der Waals surface area contributed by atoms with Crippen LogP contribution in [-0.2, 0) is 33.0 Å². The van der Waals surface area contributed by atoms with Crippen LogP contribution in [0.2, 0.25) is 0 Å². The van der Waals surface area contributed by atoms with Gasteiger partial charge in [-0.3, -0.25) is 9.59 Å². The summed E-state index contributed by atoms with van der Waals surface area (Å²) < 4.78 is 7.88. The van der Waals surface area contributed by atoms with Crippen molar-refractivity contribution >= 4 is 29.3 Å². The molecule has 0 N–H and O–H groups in total. The second kappa shape index (κ2) is 16.1. The largest absolute Gasteiger partial charge is 0.415 e. The van der Waals surface area contributed by atoms with E-state index in [0.29, 0.717) is 42.9 Å². The number of carbonyl (C=O) groups is 3. The number of amides is 3. The Hall–Kier alpha value is -5.87. The Morgan fingerprint density at radius 1 is 0.750 bits per heavy atom. The molecule has 0 aliphatic carbocycles. The summed E-state index contributed by atoms with van der Waals surface area (Å²) in [6.45, 7) is 7.15. The van der Waals surface area contributed by atoms with Crippen LogP contribution in [0.15, 0.2) is 97.1 Å². The van der Waals surface area contributed by atoms with E-state index in [0.717, 1.165) is 64.5 Å². The summed E-state index contributed by atoms with van der Waals surface area (Å²) in [6.07, 6.45) is 0.940. The molecule has 7 rings (SSSR count). The summed E-state index contributed by atoms with van der Waals surface area (Å²) in [7, 11) is 9.89. The molecule has 0 bridgehead atoms. The SMILES string of the molecule is Cc1c(C(=O)N(C)c2ccccc2)cc(-c2cc3c(cc2C(=O)N2Cc4ccccc4C[C@H]2C)CN(C(=O)Oc2ccc(N(C)CCN(C)C)cc2)CC3)n1C. The van der Waals surface area contributed by atoms with Crippen molar-refractivity contribution in [3.8, 4) is 17.0 Å². The third-order valence-electron chi connectivity index (χ3n) is 11.5. The zero-order chi connectivity index (χ0) is 39.7. The molecule has 1 aromatic heterocycles. The molecule has 0 saturated heterocycles. The van der Waals surface area contributed by atoms with E-state index < -0.39 is 6.09 Å². The Labute approximate surface area is 330 Å². The predicted molar refractivity (Wildman–Crippen MR) is 223 cm³/mol. The number of fused-ring (bicyclic) bond motifs is 2. The van der Waals surface area contributed by atoms with Gasteiger partial charge < -0.3 is 33.8 Å². The second-order valence-corrected chi connectivity index (χ2v) is 15.5. The minimum atomic E-state index is -0.425. The third kappa shape index (κ3) is 7.79. The van der Waals surface area contributed by atoms with Gasteiger partial charge in [0.05, 0.1) is 5.56 Å². The average Bonchev–Trinajstić information content (AvgIpc) is 3.51. The smallest absolute Gasteiger partial charge is 0.410 e. The van der Waals surface area contributed by atoms with Gasteiger partial charge in [-0.2, -0.15) is 0 Å². The van der Waals surface area contributed by atoms with Crippen LogP contribution in [0, 0.1) is 6.92 Å². The molecule has 290 valence electrons. The number of likely N-dealkylation sites (N-methyl/N-ethyl adjacent to an activating group) is 2. The van der Waals surface area contributed by atoms with Crippen molar-refractivity contribution in [2.24, 2.45) is 7.05 Å². The molecular formula is C46H52N6O4. The molecule has 0 spiro atoms. The van der Waals surface area contributed by atoms with Crippen LogP contribution in [0.4, 0.5) is 16.2 Å². The number of rotatable bonds is 9. The lowest BCUT2D eigenvalue weighted by molar-refractivity contribution is 0.0658. The van der Waals surface area contributed by atoms with Gasteiger partial charge in [-0.1, -0.05) is 42.5 Å². The maximum atomic E-state index is 14.9. The molecule has 10 nitrogen and oxygen atoms in total. The van der Waals surface area contributed by atoms with E-state index >= 15 is 0 Å². The Kier molecular flexibility index (Phi) is 11.0. The molecule has 56 heavy (non-hydrogen) atoms. The predicted octanol–water partition coefficient (Wildman–Crippen LogP) is 7.42. The summed E-state index contributed by atoms with van der Waals surface area (Å²) in [4.78, 5) is 52.0. The highest BCUT2D eigenvalue weighted by molar-refractivity contribution is 6.08. The van der Waals surface area contributed by atoms with Gasteiger partial charge >= 0.3 is 6.09 Å². The summed E-state index contributed by atoms with van der Waals surface area (Å²) in [5, 5.41) is 0. The van der Waals surface area contributed by atoms with Crippen molar-refractivity contribution in [1.29, 1.82) is 0 Å². The van der Waals surface area contributed by atoms with Crippen LogP contribution in [0.3, 0.4) is 0 Å². The van der Waals surface area contributed by atoms with E-state index in [1.165, 1.54) is 5.56 Å². The highest BCUT2D eigenvalue weighted by Gasteiger charge is 2.32. The molecule has 0 unspecified atom stereocenters. The van der Waals surface area contributed by atoms with Crippen molar-refractivity contribution in [1.82, 2.24) is 19.3 Å². The summed E-state index contributed by atoms with van der Waals surface area (Å²) in [6, 6.07) is 31.5. The molecule has 1 atom stereocenters. The number of para-hydroxylation sites is 1. The second-order valence-electron chi connectivity index (χ2n) is 15.5. The fraction of sp³-hybridized carbons (Fsp3) is 0.326. The van der Waals surface area contributed by atoms with Crippen LogP contribution in [-0.4, -0.2) is 91.0 Å². The van der Waals surface area contributed by atoms with Gasteiger partial charge in [-0.15, -0.1) is 0 Å². The number of benzene rings is 4. The Balaban J connectivity index is 1.19. The Morgan fingerprint density at radius 2 is 1.45 bits per heavy atom. The topological polar surface area (TPSA) is 81.6 Å². The minimum Gasteiger partial charge on any atom is -0.410 e. The third-order valence-corrected chi connectivity index (χ3v) is 11.5. The van der Waals surface area contributed by atoms with Crippen LogP contribution >= 0.6 is 0 Å². The molecule has 3 heterocycles. The van der Waals surface area contributed by atoms with Crippen molar-refractivity contribution < 1.29 is 19.1 Å². The van der Waals surface area contributed by atoms with E-state index in [4.69, 9.17) is 4.74 Å². The summed E-state index contributed by atoms with van der Waals surface area (Å²) in [5.41, 5.74) is 9.74. The minimum absolute atomic E-state index is 0.0151.